The SMILES string of the molecule is C[C@@H]1CN(C(=O)c2ccc(-c3cnco3)cc2)C[C@H]1C(=O)O. The molecule has 6 nitrogen and oxygen atoms in total. The van der Waals surface area contributed by atoms with E-state index in [1.54, 1.807) is 35.4 Å². The van der Waals surface area contributed by atoms with Crippen LogP contribution >= 0.6 is 0 Å². The summed E-state index contributed by atoms with van der Waals surface area (Å²) >= 11 is 0. The maximum absolute atomic E-state index is 12.5. The second-order valence-corrected chi connectivity index (χ2v) is 5.58. The quantitative estimate of drug-likeness (QED) is 0.938. The van der Waals surface area contributed by atoms with Crippen molar-refractivity contribution < 1.29 is 19.1 Å². The third-order valence-corrected chi connectivity index (χ3v) is 4.07. The Bertz CT molecular complexity index is 679. The van der Waals surface area contributed by atoms with E-state index >= 15 is 0 Å². The van der Waals surface area contributed by atoms with Gasteiger partial charge in [0.1, 0.15) is 0 Å². The van der Waals surface area contributed by atoms with Crippen molar-refractivity contribution in [3.63, 3.8) is 0 Å². The Morgan fingerprint density at radius 3 is 2.55 bits per heavy atom. The van der Waals surface area contributed by atoms with Crippen LogP contribution in [0.25, 0.3) is 11.3 Å². The van der Waals surface area contributed by atoms with Gasteiger partial charge in [-0.15, -0.1) is 0 Å². The van der Waals surface area contributed by atoms with Crippen molar-refractivity contribution in [3.05, 3.63) is 42.4 Å². The van der Waals surface area contributed by atoms with E-state index in [9.17, 15) is 9.59 Å². The molecule has 1 fully saturated rings. The predicted octanol–water partition coefficient (Wildman–Crippen LogP) is 2.13. The molecule has 22 heavy (non-hydrogen) atoms. The molecule has 1 N–H and O–H groups in total. The van der Waals surface area contributed by atoms with Crippen LogP contribution in [0.2, 0.25) is 0 Å². The Morgan fingerprint density at radius 1 is 1.27 bits per heavy atom. The molecule has 114 valence electrons. The molecule has 2 aromatic rings. The average molecular weight is 300 g/mol. The number of carbonyl (C=O) groups is 2. The van der Waals surface area contributed by atoms with Crippen LogP contribution < -0.4 is 0 Å². The van der Waals surface area contributed by atoms with E-state index < -0.39 is 11.9 Å². The number of aliphatic carboxylic acids is 1. The number of oxazole rings is 1. The van der Waals surface area contributed by atoms with Crippen molar-refractivity contribution >= 4 is 11.9 Å². The Labute approximate surface area is 127 Å². The number of hydrogen-bond donors (Lipinski definition) is 1. The lowest BCUT2D eigenvalue weighted by molar-refractivity contribution is -0.142. The first kappa shape index (κ1) is 14.3. The molecule has 6 heteroatoms. The Hall–Kier alpha value is -2.63. The van der Waals surface area contributed by atoms with Gasteiger partial charge in [0.15, 0.2) is 12.2 Å². The van der Waals surface area contributed by atoms with E-state index in [1.165, 1.54) is 6.39 Å². The fourth-order valence-electron chi connectivity index (χ4n) is 2.77. The van der Waals surface area contributed by atoms with Crippen LogP contribution in [0.15, 0.2) is 41.3 Å². The minimum Gasteiger partial charge on any atom is -0.481 e. The molecule has 0 unspecified atom stereocenters. The lowest BCUT2D eigenvalue weighted by atomic mass is 9.99. The first-order valence-electron chi connectivity index (χ1n) is 7.07. The molecule has 3 rings (SSSR count). The van der Waals surface area contributed by atoms with E-state index in [-0.39, 0.29) is 18.4 Å². The average Bonchev–Trinajstić information content (AvgIpc) is 3.16. The Kier molecular flexibility index (Phi) is 3.66. The highest BCUT2D eigenvalue weighted by Crippen LogP contribution is 2.25. The molecular formula is C16H16N2O4. The van der Waals surface area contributed by atoms with Crippen LogP contribution in [-0.2, 0) is 4.79 Å². The van der Waals surface area contributed by atoms with Gasteiger partial charge in [0.05, 0.1) is 12.1 Å². The summed E-state index contributed by atoms with van der Waals surface area (Å²) in [6, 6.07) is 7.03. The minimum atomic E-state index is -0.844. The lowest BCUT2D eigenvalue weighted by Gasteiger charge is -2.16. The van der Waals surface area contributed by atoms with E-state index in [1.807, 2.05) is 6.92 Å². The van der Waals surface area contributed by atoms with E-state index in [4.69, 9.17) is 9.52 Å². The number of amides is 1. The fraction of sp³-hybridized carbons (Fsp3) is 0.312. The summed E-state index contributed by atoms with van der Waals surface area (Å²) < 4.78 is 5.20. The third-order valence-electron chi connectivity index (χ3n) is 4.07. The topological polar surface area (TPSA) is 83.6 Å². The van der Waals surface area contributed by atoms with Gasteiger partial charge < -0.3 is 14.4 Å². The summed E-state index contributed by atoms with van der Waals surface area (Å²) in [5.74, 6) is -0.866. The maximum Gasteiger partial charge on any atom is 0.308 e. The summed E-state index contributed by atoms with van der Waals surface area (Å²) in [6.07, 6.45) is 2.96. The van der Waals surface area contributed by atoms with Crippen molar-refractivity contribution in [2.45, 2.75) is 6.92 Å². The van der Waals surface area contributed by atoms with Crippen LogP contribution in [0.4, 0.5) is 0 Å². The third kappa shape index (κ3) is 2.59. The molecule has 2 heterocycles. The summed E-state index contributed by atoms with van der Waals surface area (Å²) in [5.41, 5.74) is 1.38. The van der Waals surface area contributed by atoms with Gasteiger partial charge in [-0.25, -0.2) is 4.98 Å². The number of likely N-dealkylation sites (tertiary alicyclic amines) is 1. The van der Waals surface area contributed by atoms with Crippen LogP contribution in [0.5, 0.6) is 0 Å². The van der Waals surface area contributed by atoms with Crippen LogP contribution in [-0.4, -0.2) is 40.0 Å². The van der Waals surface area contributed by atoms with Gasteiger partial charge >= 0.3 is 5.97 Å². The van der Waals surface area contributed by atoms with Crippen LogP contribution in [0.3, 0.4) is 0 Å². The number of carboxylic acids is 1. The molecule has 0 radical (unpaired) electrons. The number of carbonyl (C=O) groups excluding carboxylic acids is 1. The van der Waals surface area contributed by atoms with Gasteiger partial charge in [0, 0.05) is 24.2 Å². The van der Waals surface area contributed by atoms with Gasteiger partial charge in [0.2, 0.25) is 0 Å². The molecule has 1 aromatic heterocycles. The van der Waals surface area contributed by atoms with Crippen molar-refractivity contribution in [2.24, 2.45) is 11.8 Å². The second kappa shape index (κ2) is 5.63. The van der Waals surface area contributed by atoms with Gasteiger partial charge in [-0.05, 0) is 18.1 Å². The number of hydrogen-bond acceptors (Lipinski definition) is 4. The molecule has 1 aromatic carbocycles. The van der Waals surface area contributed by atoms with Gasteiger partial charge in [-0.3, -0.25) is 9.59 Å². The van der Waals surface area contributed by atoms with Gasteiger partial charge in [0.25, 0.3) is 5.91 Å². The summed E-state index contributed by atoms with van der Waals surface area (Å²) in [6.45, 7) is 2.60. The molecule has 1 amide bonds. The van der Waals surface area contributed by atoms with E-state index in [2.05, 4.69) is 4.98 Å². The van der Waals surface area contributed by atoms with Crippen LogP contribution in [0, 0.1) is 11.8 Å². The highest BCUT2D eigenvalue weighted by Gasteiger charge is 2.37. The highest BCUT2D eigenvalue weighted by molar-refractivity contribution is 5.95. The second-order valence-electron chi connectivity index (χ2n) is 5.58. The van der Waals surface area contributed by atoms with Crippen molar-refractivity contribution in [2.75, 3.05) is 13.1 Å². The number of carboxylic acid groups (broad SMARTS) is 1. The summed E-state index contributed by atoms with van der Waals surface area (Å²) in [7, 11) is 0. The monoisotopic (exact) mass is 300 g/mol. The molecule has 0 aliphatic carbocycles. The smallest absolute Gasteiger partial charge is 0.308 e. The van der Waals surface area contributed by atoms with Gasteiger partial charge in [-0.2, -0.15) is 0 Å². The predicted molar refractivity (Wildman–Crippen MR) is 78.1 cm³/mol. The molecule has 1 saturated heterocycles. The zero-order chi connectivity index (χ0) is 15.7. The number of rotatable bonds is 3. The van der Waals surface area contributed by atoms with Gasteiger partial charge in [-0.1, -0.05) is 19.1 Å². The lowest BCUT2D eigenvalue weighted by Crippen LogP contribution is -2.29. The van der Waals surface area contributed by atoms with Crippen molar-refractivity contribution in [1.82, 2.24) is 9.88 Å². The van der Waals surface area contributed by atoms with Crippen LogP contribution in [0.1, 0.15) is 17.3 Å². The molecule has 1 aliphatic rings. The number of benzene rings is 1. The zero-order valence-electron chi connectivity index (χ0n) is 12.1. The molecule has 0 spiro atoms. The normalized spacial score (nSPS) is 21.0. The standard InChI is InChI=1S/C16H16N2O4/c1-10-7-18(8-13(10)16(20)21)15(19)12-4-2-11(3-5-12)14-6-17-9-22-14/h2-6,9-10,13H,7-8H2,1H3,(H,20,21)/t10-,13-/m1/s1. The minimum absolute atomic E-state index is 0.0325. The van der Waals surface area contributed by atoms with Crippen molar-refractivity contribution in [3.8, 4) is 11.3 Å². The first-order chi connectivity index (χ1) is 10.6. The van der Waals surface area contributed by atoms with E-state index in [0.717, 1.165) is 5.56 Å². The zero-order valence-corrected chi connectivity index (χ0v) is 12.1. The molecule has 0 bridgehead atoms. The maximum atomic E-state index is 12.5. The molecule has 0 saturated carbocycles. The number of nitrogens with zero attached hydrogens (tertiary/aromatic N) is 2. The van der Waals surface area contributed by atoms with Crippen molar-refractivity contribution in [1.29, 1.82) is 0 Å². The Balaban J connectivity index is 1.74. The first-order valence-corrected chi connectivity index (χ1v) is 7.07. The summed E-state index contributed by atoms with van der Waals surface area (Å²) in [4.78, 5) is 29.1. The molecule has 1 aliphatic heterocycles. The fourth-order valence-corrected chi connectivity index (χ4v) is 2.77. The largest absolute Gasteiger partial charge is 0.481 e. The molecule has 2 atom stereocenters. The highest BCUT2D eigenvalue weighted by atomic mass is 16.4. The number of aromatic nitrogens is 1. The summed E-state index contributed by atoms with van der Waals surface area (Å²) in [5, 5.41) is 9.14. The molecular weight excluding hydrogens is 284 g/mol. The Morgan fingerprint density at radius 2 is 2.00 bits per heavy atom. The van der Waals surface area contributed by atoms with E-state index in [0.29, 0.717) is 17.9 Å².